The number of aromatic nitrogens is 2. The third-order valence-electron chi connectivity index (χ3n) is 4.40. The van der Waals surface area contributed by atoms with E-state index < -0.39 is 0 Å². The molecular formula is C24H24N2. The Bertz CT molecular complexity index is 949. The lowest BCUT2D eigenvalue weighted by atomic mass is 9.94. The van der Waals surface area contributed by atoms with Crippen LogP contribution in [-0.2, 0) is 0 Å². The Morgan fingerprint density at radius 1 is 1.00 bits per heavy atom. The van der Waals surface area contributed by atoms with Crippen LogP contribution >= 0.6 is 0 Å². The second-order valence-electron chi connectivity index (χ2n) is 6.36. The van der Waals surface area contributed by atoms with Crippen LogP contribution in [0.25, 0.3) is 22.5 Å². The van der Waals surface area contributed by atoms with E-state index in [9.17, 15) is 0 Å². The van der Waals surface area contributed by atoms with Crippen LogP contribution in [0.3, 0.4) is 0 Å². The molecule has 1 aromatic heterocycles. The Kier molecular flexibility index (Phi) is 5.33. The zero-order chi connectivity index (χ0) is 18.5. The molecule has 2 heteroatoms. The largest absolute Gasteiger partial charge is 0.233 e. The molecule has 0 aliphatic carbocycles. The molecule has 3 rings (SSSR count). The average Bonchev–Trinajstić information content (AvgIpc) is 3.11. The van der Waals surface area contributed by atoms with Crippen LogP contribution in [0.15, 0.2) is 85.6 Å². The van der Waals surface area contributed by atoms with Crippen molar-refractivity contribution in [2.45, 2.75) is 20.8 Å². The van der Waals surface area contributed by atoms with Gasteiger partial charge >= 0.3 is 0 Å². The van der Waals surface area contributed by atoms with Gasteiger partial charge < -0.3 is 0 Å². The topological polar surface area (TPSA) is 17.8 Å². The molecule has 0 atom stereocenters. The van der Waals surface area contributed by atoms with Crippen LogP contribution in [0.5, 0.6) is 0 Å². The first-order valence-electron chi connectivity index (χ1n) is 8.81. The maximum absolute atomic E-state index is 4.53. The monoisotopic (exact) mass is 340 g/mol. The summed E-state index contributed by atoms with van der Waals surface area (Å²) in [7, 11) is 0. The number of hydrogen-bond donors (Lipinski definition) is 0. The fourth-order valence-corrected chi connectivity index (χ4v) is 3.20. The van der Waals surface area contributed by atoms with Gasteiger partial charge in [0.1, 0.15) is 0 Å². The summed E-state index contributed by atoms with van der Waals surface area (Å²) in [5, 5.41) is 4.53. The molecule has 0 radical (unpaired) electrons. The smallest absolute Gasteiger partial charge is 0.0746 e. The highest BCUT2D eigenvalue weighted by atomic mass is 15.3. The second kappa shape index (κ2) is 7.83. The predicted octanol–water partition coefficient (Wildman–Crippen LogP) is 6.30. The van der Waals surface area contributed by atoms with E-state index in [-0.39, 0.29) is 0 Å². The summed E-state index contributed by atoms with van der Waals surface area (Å²) in [4.78, 5) is 0. The summed E-state index contributed by atoms with van der Waals surface area (Å²) in [6.07, 6.45) is 9.94. The molecule has 2 nitrogen and oxygen atoms in total. The molecule has 1 heterocycles. The SMILES string of the molecule is C=C(C=CC=CC)c1cc(C)c(-c2ccnn2-c2ccccc2)c(C)c1. The summed E-state index contributed by atoms with van der Waals surface area (Å²) in [6, 6.07) is 16.7. The van der Waals surface area contributed by atoms with Crippen molar-refractivity contribution in [2.24, 2.45) is 0 Å². The zero-order valence-electron chi connectivity index (χ0n) is 15.6. The van der Waals surface area contributed by atoms with Crippen LogP contribution in [0, 0.1) is 13.8 Å². The standard InChI is InChI=1S/C24H24N2/c1-5-6-8-11-18(2)21-16-19(3)24(20(4)17-21)23-14-15-25-26(23)22-12-9-7-10-13-22/h5-17H,2H2,1,3-4H3. The van der Waals surface area contributed by atoms with E-state index in [1.165, 1.54) is 16.7 Å². The van der Waals surface area contributed by atoms with Gasteiger partial charge in [-0.25, -0.2) is 4.68 Å². The third kappa shape index (κ3) is 3.60. The highest BCUT2D eigenvalue weighted by Crippen LogP contribution is 2.31. The Labute approximate surface area is 155 Å². The molecule has 0 N–H and O–H groups in total. The minimum Gasteiger partial charge on any atom is -0.233 e. The Morgan fingerprint density at radius 3 is 2.35 bits per heavy atom. The van der Waals surface area contributed by atoms with Crippen molar-refractivity contribution in [1.29, 1.82) is 0 Å². The molecule has 0 amide bonds. The van der Waals surface area contributed by atoms with Crippen LogP contribution in [0.1, 0.15) is 23.6 Å². The normalized spacial score (nSPS) is 11.5. The lowest BCUT2D eigenvalue weighted by Gasteiger charge is -2.15. The molecule has 3 aromatic rings. The first kappa shape index (κ1) is 17.7. The minimum atomic E-state index is 1.01. The molecule has 0 aliphatic rings. The second-order valence-corrected chi connectivity index (χ2v) is 6.36. The van der Waals surface area contributed by atoms with Gasteiger partial charge in [-0.1, -0.05) is 61.2 Å². The fraction of sp³-hybridized carbons (Fsp3) is 0.125. The molecule has 0 fully saturated rings. The minimum absolute atomic E-state index is 1.01. The van der Waals surface area contributed by atoms with Gasteiger partial charge in [0, 0.05) is 5.56 Å². The number of nitrogens with zero attached hydrogens (tertiary/aromatic N) is 2. The number of benzene rings is 2. The van der Waals surface area contributed by atoms with Crippen molar-refractivity contribution in [1.82, 2.24) is 9.78 Å². The lowest BCUT2D eigenvalue weighted by molar-refractivity contribution is 0.886. The van der Waals surface area contributed by atoms with Gasteiger partial charge in [0.2, 0.25) is 0 Å². The summed E-state index contributed by atoms with van der Waals surface area (Å²) < 4.78 is 2.00. The molecule has 0 saturated carbocycles. The maximum Gasteiger partial charge on any atom is 0.0746 e. The van der Waals surface area contributed by atoms with E-state index in [2.05, 4.69) is 55.9 Å². The summed E-state index contributed by atoms with van der Waals surface area (Å²) >= 11 is 0. The van der Waals surface area contributed by atoms with Gasteiger partial charge in [0.15, 0.2) is 0 Å². The van der Waals surface area contributed by atoms with Gasteiger partial charge in [-0.15, -0.1) is 0 Å². The highest BCUT2D eigenvalue weighted by Gasteiger charge is 2.13. The molecule has 0 spiro atoms. The molecule has 0 aliphatic heterocycles. The van der Waals surface area contributed by atoms with Crippen molar-refractivity contribution in [3.63, 3.8) is 0 Å². The Morgan fingerprint density at radius 2 is 1.69 bits per heavy atom. The van der Waals surface area contributed by atoms with Crippen LogP contribution in [0.4, 0.5) is 0 Å². The highest BCUT2D eigenvalue weighted by molar-refractivity contribution is 5.78. The van der Waals surface area contributed by atoms with Crippen molar-refractivity contribution in [2.75, 3.05) is 0 Å². The van der Waals surface area contributed by atoms with E-state index in [0.717, 1.165) is 22.5 Å². The van der Waals surface area contributed by atoms with Crippen LogP contribution < -0.4 is 0 Å². The molecule has 130 valence electrons. The maximum atomic E-state index is 4.53. The number of aryl methyl sites for hydroxylation is 2. The van der Waals surface area contributed by atoms with Crippen LogP contribution in [-0.4, -0.2) is 9.78 Å². The van der Waals surface area contributed by atoms with E-state index >= 15 is 0 Å². The van der Waals surface area contributed by atoms with Gasteiger partial charge in [-0.3, -0.25) is 0 Å². The predicted molar refractivity (Wildman–Crippen MR) is 111 cm³/mol. The quantitative estimate of drug-likeness (QED) is 0.498. The number of para-hydroxylation sites is 1. The first-order valence-corrected chi connectivity index (χ1v) is 8.81. The van der Waals surface area contributed by atoms with E-state index in [1.807, 2.05) is 60.3 Å². The van der Waals surface area contributed by atoms with Gasteiger partial charge in [-0.2, -0.15) is 5.10 Å². The summed E-state index contributed by atoms with van der Waals surface area (Å²) in [5.74, 6) is 0. The molecule has 2 aromatic carbocycles. The number of hydrogen-bond acceptors (Lipinski definition) is 1. The molecule has 0 saturated heterocycles. The first-order chi connectivity index (χ1) is 12.6. The van der Waals surface area contributed by atoms with E-state index in [0.29, 0.717) is 0 Å². The van der Waals surface area contributed by atoms with Gasteiger partial charge in [0.25, 0.3) is 0 Å². The Balaban J connectivity index is 2.04. The number of rotatable bonds is 5. The average molecular weight is 340 g/mol. The van der Waals surface area contributed by atoms with E-state index in [1.54, 1.807) is 0 Å². The van der Waals surface area contributed by atoms with Gasteiger partial charge in [0.05, 0.1) is 17.6 Å². The summed E-state index contributed by atoms with van der Waals surface area (Å²) in [6.45, 7) is 10.5. The van der Waals surface area contributed by atoms with Crippen LogP contribution in [0.2, 0.25) is 0 Å². The number of allylic oxidation sites excluding steroid dienone is 5. The Hall–Kier alpha value is -3.13. The molecule has 0 unspecified atom stereocenters. The van der Waals surface area contributed by atoms with E-state index in [4.69, 9.17) is 0 Å². The molecule has 0 bridgehead atoms. The van der Waals surface area contributed by atoms with Crippen molar-refractivity contribution in [3.05, 3.63) is 102 Å². The zero-order valence-corrected chi connectivity index (χ0v) is 15.6. The molecular weight excluding hydrogens is 316 g/mol. The molecule has 26 heavy (non-hydrogen) atoms. The fourth-order valence-electron chi connectivity index (χ4n) is 3.20. The third-order valence-corrected chi connectivity index (χ3v) is 4.40. The van der Waals surface area contributed by atoms with Gasteiger partial charge in [-0.05, 0) is 61.2 Å². The van der Waals surface area contributed by atoms with Crippen molar-refractivity contribution >= 4 is 5.57 Å². The lowest BCUT2D eigenvalue weighted by Crippen LogP contribution is -2.01. The van der Waals surface area contributed by atoms with Crippen molar-refractivity contribution in [3.8, 4) is 16.9 Å². The van der Waals surface area contributed by atoms with Crippen molar-refractivity contribution < 1.29 is 0 Å². The summed E-state index contributed by atoms with van der Waals surface area (Å²) in [5.41, 5.74) is 7.99.